The number of rotatable bonds is 1. The molecule has 1 amide bonds. The summed E-state index contributed by atoms with van der Waals surface area (Å²) < 4.78 is 39.4. The van der Waals surface area contributed by atoms with E-state index in [0.717, 1.165) is 23.9 Å². The third-order valence-electron chi connectivity index (χ3n) is 3.89. The first kappa shape index (κ1) is 16.1. The van der Waals surface area contributed by atoms with Gasteiger partial charge in [-0.3, -0.25) is 9.48 Å². The number of amides is 1. The summed E-state index contributed by atoms with van der Waals surface area (Å²) >= 11 is 5.77. The van der Waals surface area contributed by atoms with Crippen LogP contribution >= 0.6 is 11.6 Å². The quantitative estimate of drug-likeness (QED) is 0.793. The SMILES string of the molecule is C[C@@H]1CCC[C@H](C)N1C(=O)c1c(Cl)c(C(F)(F)F)nn1C. The van der Waals surface area contributed by atoms with E-state index in [1.165, 1.54) is 7.05 Å². The summed E-state index contributed by atoms with van der Waals surface area (Å²) in [5.41, 5.74) is -1.42. The van der Waals surface area contributed by atoms with Crippen LogP contribution in [0.25, 0.3) is 0 Å². The summed E-state index contributed by atoms with van der Waals surface area (Å²) in [5, 5.41) is 2.73. The molecule has 0 aliphatic carbocycles. The van der Waals surface area contributed by atoms with Crippen LogP contribution in [0, 0.1) is 0 Å². The van der Waals surface area contributed by atoms with Crippen LogP contribution in [0.15, 0.2) is 0 Å². The second kappa shape index (κ2) is 5.51. The minimum absolute atomic E-state index is 0.0263. The molecule has 0 bridgehead atoms. The van der Waals surface area contributed by atoms with E-state index in [1.54, 1.807) is 4.90 Å². The Morgan fingerprint density at radius 3 is 2.24 bits per heavy atom. The molecule has 1 aliphatic heterocycles. The number of aromatic nitrogens is 2. The topological polar surface area (TPSA) is 38.1 Å². The van der Waals surface area contributed by atoms with Crippen LogP contribution in [-0.4, -0.2) is 32.7 Å². The summed E-state index contributed by atoms with van der Waals surface area (Å²) in [7, 11) is 1.30. The fourth-order valence-electron chi connectivity index (χ4n) is 2.86. The Balaban J connectivity index is 2.42. The zero-order chi connectivity index (χ0) is 15.9. The number of alkyl halides is 3. The van der Waals surface area contributed by atoms with Crippen molar-refractivity contribution in [1.29, 1.82) is 0 Å². The van der Waals surface area contributed by atoms with E-state index in [4.69, 9.17) is 11.6 Å². The molecule has 2 rings (SSSR count). The van der Waals surface area contributed by atoms with Crippen molar-refractivity contribution in [3.05, 3.63) is 16.4 Å². The molecule has 1 aromatic rings. The van der Waals surface area contributed by atoms with Gasteiger partial charge in [-0.1, -0.05) is 11.6 Å². The molecule has 0 N–H and O–H groups in total. The van der Waals surface area contributed by atoms with Crippen LogP contribution < -0.4 is 0 Å². The van der Waals surface area contributed by atoms with Crippen molar-refractivity contribution in [3.8, 4) is 0 Å². The lowest BCUT2D eigenvalue weighted by atomic mass is 9.97. The fraction of sp³-hybridized carbons (Fsp3) is 0.692. The predicted molar refractivity (Wildman–Crippen MR) is 72.2 cm³/mol. The van der Waals surface area contributed by atoms with Gasteiger partial charge < -0.3 is 4.90 Å². The van der Waals surface area contributed by atoms with E-state index < -0.39 is 22.8 Å². The maximum absolute atomic E-state index is 12.8. The molecule has 1 aromatic heterocycles. The van der Waals surface area contributed by atoms with Gasteiger partial charge in [-0.15, -0.1) is 0 Å². The minimum atomic E-state index is -4.67. The molecule has 21 heavy (non-hydrogen) atoms. The summed E-state index contributed by atoms with van der Waals surface area (Å²) in [5.74, 6) is -0.495. The zero-order valence-corrected chi connectivity index (χ0v) is 12.8. The maximum Gasteiger partial charge on any atom is 0.436 e. The predicted octanol–water partition coefficient (Wildman–Crippen LogP) is 3.50. The number of hydrogen-bond acceptors (Lipinski definition) is 2. The van der Waals surface area contributed by atoms with E-state index in [1.807, 2.05) is 13.8 Å². The average molecular weight is 324 g/mol. The lowest BCUT2D eigenvalue weighted by Gasteiger charge is -2.39. The molecular formula is C13H17ClF3N3O. The number of aryl methyl sites for hydroxylation is 1. The van der Waals surface area contributed by atoms with Crippen LogP contribution in [-0.2, 0) is 13.2 Å². The van der Waals surface area contributed by atoms with Crippen molar-refractivity contribution < 1.29 is 18.0 Å². The highest BCUT2D eigenvalue weighted by Crippen LogP contribution is 2.36. The standard InChI is InChI=1S/C13H17ClF3N3O/c1-7-5-4-6-8(2)20(7)12(21)10-9(14)11(13(15,16)17)18-19(10)3/h7-8H,4-6H2,1-3H3/t7-,8+. The highest BCUT2D eigenvalue weighted by Gasteiger charge is 2.41. The van der Waals surface area contributed by atoms with E-state index >= 15 is 0 Å². The fourth-order valence-corrected chi connectivity index (χ4v) is 3.20. The highest BCUT2D eigenvalue weighted by atomic mass is 35.5. The van der Waals surface area contributed by atoms with Crippen LogP contribution in [0.3, 0.4) is 0 Å². The van der Waals surface area contributed by atoms with Crippen molar-refractivity contribution in [2.24, 2.45) is 7.05 Å². The first-order valence-electron chi connectivity index (χ1n) is 6.77. The van der Waals surface area contributed by atoms with Gasteiger partial charge in [0.15, 0.2) is 5.69 Å². The molecule has 8 heteroatoms. The summed E-state index contributed by atoms with van der Waals surface area (Å²) in [6.07, 6.45) is -2.01. The van der Waals surface area contributed by atoms with Crippen molar-refractivity contribution >= 4 is 17.5 Å². The molecule has 118 valence electrons. The number of halogens is 4. The van der Waals surface area contributed by atoms with Gasteiger partial charge in [-0.2, -0.15) is 18.3 Å². The van der Waals surface area contributed by atoms with Gasteiger partial charge in [0.1, 0.15) is 10.7 Å². The van der Waals surface area contributed by atoms with Crippen LogP contribution in [0.4, 0.5) is 13.2 Å². The molecule has 2 atom stereocenters. The summed E-state index contributed by atoms with van der Waals surface area (Å²) in [6, 6.07) is -0.0527. The number of carbonyl (C=O) groups excluding carboxylic acids is 1. The van der Waals surface area contributed by atoms with E-state index in [-0.39, 0.29) is 17.8 Å². The molecule has 0 aromatic carbocycles. The average Bonchev–Trinajstić information content (AvgIpc) is 2.64. The normalized spacial score (nSPS) is 23.5. The van der Waals surface area contributed by atoms with Gasteiger partial charge in [0, 0.05) is 19.1 Å². The Morgan fingerprint density at radius 2 is 1.81 bits per heavy atom. The van der Waals surface area contributed by atoms with Gasteiger partial charge >= 0.3 is 6.18 Å². The molecule has 4 nitrogen and oxygen atoms in total. The van der Waals surface area contributed by atoms with E-state index in [2.05, 4.69) is 5.10 Å². The van der Waals surface area contributed by atoms with Gasteiger partial charge in [0.25, 0.3) is 5.91 Å². The van der Waals surface area contributed by atoms with E-state index in [9.17, 15) is 18.0 Å². The summed E-state index contributed by atoms with van der Waals surface area (Å²) in [4.78, 5) is 14.2. The number of piperidine rings is 1. The van der Waals surface area contributed by atoms with Crippen molar-refractivity contribution in [3.63, 3.8) is 0 Å². The second-order valence-electron chi connectivity index (χ2n) is 5.47. The van der Waals surface area contributed by atoms with Crippen molar-refractivity contribution in [1.82, 2.24) is 14.7 Å². The number of hydrogen-bond donors (Lipinski definition) is 0. The lowest BCUT2D eigenvalue weighted by molar-refractivity contribution is -0.141. The molecule has 0 unspecified atom stereocenters. The molecule has 2 heterocycles. The van der Waals surface area contributed by atoms with Crippen molar-refractivity contribution in [2.45, 2.75) is 51.4 Å². The molecule has 1 fully saturated rings. The van der Waals surface area contributed by atoms with E-state index in [0.29, 0.717) is 0 Å². The Bertz CT molecular complexity index is 546. The zero-order valence-electron chi connectivity index (χ0n) is 12.0. The van der Waals surface area contributed by atoms with Gasteiger partial charge in [0.05, 0.1) is 0 Å². The Labute approximate surface area is 125 Å². The monoisotopic (exact) mass is 323 g/mol. The number of nitrogens with zero attached hydrogens (tertiary/aromatic N) is 3. The molecule has 1 aliphatic rings. The van der Waals surface area contributed by atoms with Crippen molar-refractivity contribution in [2.75, 3.05) is 0 Å². The Hall–Kier alpha value is -1.24. The smallest absolute Gasteiger partial charge is 0.332 e. The van der Waals surface area contributed by atoms with Gasteiger partial charge in [0.2, 0.25) is 0 Å². The third kappa shape index (κ3) is 2.88. The van der Waals surface area contributed by atoms with Gasteiger partial charge in [-0.05, 0) is 33.1 Å². The highest BCUT2D eigenvalue weighted by molar-refractivity contribution is 6.34. The molecule has 0 spiro atoms. The Morgan fingerprint density at radius 1 is 1.29 bits per heavy atom. The minimum Gasteiger partial charge on any atom is -0.332 e. The lowest BCUT2D eigenvalue weighted by Crippen LogP contribution is -2.48. The van der Waals surface area contributed by atoms with Crippen LogP contribution in [0.5, 0.6) is 0 Å². The first-order chi connectivity index (χ1) is 9.64. The first-order valence-corrected chi connectivity index (χ1v) is 7.14. The second-order valence-corrected chi connectivity index (χ2v) is 5.85. The van der Waals surface area contributed by atoms with Gasteiger partial charge in [-0.25, -0.2) is 0 Å². The summed E-state index contributed by atoms with van der Waals surface area (Å²) in [6.45, 7) is 3.78. The largest absolute Gasteiger partial charge is 0.436 e. The molecule has 0 saturated carbocycles. The maximum atomic E-state index is 12.8. The number of carbonyl (C=O) groups is 1. The molecule has 1 saturated heterocycles. The molecular weight excluding hydrogens is 307 g/mol. The third-order valence-corrected chi connectivity index (χ3v) is 4.25. The number of likely N-dealkylation sites (tertiary alicyclic amines) is 1. The molecule has 0 radical (unpaired) electrons. The van der Waals surface area contributed by atoms with Crippen LogP contribution in [0.1, 0.15) is 49.3 Å². The van der Waals surface area contributed by atoms with Crippen LogP contribution in [0.2, 0.25) is 5.02 Å². The Kier molecular flexibility index (Phi) is 4.24.